The zero-order chi connectivity index (χ0) is 17.1. The fraction of sp³-hybridized carbons (Fsp3) is 0.733. The molecule has 130 valence electrons. The van der Waals surface area contributed by atoms with Gasteiger partial charge in [-0.3, -0.25) is 9.59 Å². The van der Waals surface area contributed by atoms with Crippen LogP contribution in [0.3, 0.4) is 0 Å². The van der Waals surface area contributed by atoms with Crippen LogP contribution in [-0.2, 0) is 22.7 Å². The van der Waals surface area contributed by atoms with Gasteiger partial charge in [-0.1, -0.05) is 60.9 Å². The van der Waals surface area contributed by atoms with Crippen LogP contribution in [-0.4, -0.2) is 37.3 Å². The summed E-state index contributed by atoms with van der Waals surface area (Å²) < 4.78 is 1.87. The highest BCUT2D eigenvalue weighted by molar-refractivity contribution is 14.1. The Balaban J connectivity index is 2.25. The first-order chi connectivity index (χ1) is 11.0. The number of halogens is 1. The molecule has 0 fully saturated rings. The molecule has 1 aromatic heterocycles. The summed E-state index contributed by atoms with van der Waals surface area (Å²) in [6.45, 7) is 5.29. The second kappa shape index (κ2) is 11.4. The largest absolute Gasteiger partial charge is 0.353 e. The van der Waals surface area contributed by atoms with Gasteiger partial charge in [0.05, 0.1) is 12.7 Å². The topological polar surface area (TPSA) is 88.9 Å². The lowest BCUT2D eigenvalue weighted by atomic mass is 10.1. The van der Waals surface area contributed by atoms with Crippen molar-refractivity contribution in [2.45, 2.75) is 63.0 Å². The van der Waals surface area contributed by atoms with Crippen molar-refractivity contribution in [1.29, 1.82) is 0 Å². The minimum absolute atomic E-state index is 0.0319. The minimum Gasteiger partial charge on any atom is -0.353 e. The van der Waals surface area contributed by atoms with E-state index in [0.717, 1.165) is 19.3 Å². The van der Waals surface area contributed by atoms with E-state index in [1.807, 2.05) is 6.92 Å². The monoisotopic (exact) mass is 435 g/mol. The molecule has 1 unspecified atom stereocenters. The van der Waals surface area contributed by atoms with Crippen LogP contribution in [0.15, 0.2) is 6.20 Å². The van der Waals surface area contributed by atoms with Crippen molar-refractivity contribution in [2.24, 2.45) is 0 Å². The van der Waals surface area contributed by atoms with Crippen LogP contribution in [0, 0.1) is 0 Å². The number of alkyl halides is 1. The smallest absolute Gasteiger partial charge is 0.241 e. The number of carbonyl (C=O) groups is 2. The van der Waals surface area contributed by atoms with Crippen molar-refractivity contribution >= 4 is 34.4 Å². The van der Waals surface area contributed by atoms with E-state index in [0.29, 0.717) is 29.1 Å². The second-order valence-electron chi connectivity index (χ2n) is 5.58. The molecule has 2 N–H and O–H groups in total. The maximum Gasteiger partial charge on any atom is 0.241 e. The number of hydrogen-bond acceptors (Lipinski definition) is 4. The highest BCUT2D eigenvalue weighted by Crippen LogP contribution is 2.02. The van der Waals surface area contributed by atoms with E-state index in [1.165, 1.54) is 11.1 Å². The van der Waals surface area contributed by atoms with Crippen LogP contribution in [0.4, 0.5) is 0 Å². The average molecular weight is 435 g/mol. The molecular formula is C15H26IN5O2. The molecule has 0 aliphatic rings. The number of unbranched alkanes of at least 4 members (excludes halogenated alkanes) is 3. The molecule has 0 spiro atoms. The first-order valence-corrected chi connectivity index (χ1v) is 9.32. The van der Waals surface area contributed by atoms with Gasteiger partial charge in [0, 0.05) is 16.9 Å². The van der Waals surface area contributed by atoms with Crippen molar-refractivity contribution in [3.8, 4) is 0 Å². The van der Waals surface area contributed by atoms with Gasteiger partial charge in [-0.15, -0.1) is 5.10 Å². The van der Waals surface area contributed by atoms with Crippen molar-refractivity contribution in [2.75, 3.05) is 6.54 Å². The highest BCUT2D eigenvalue weighted by Gasteiger charge is 2.08. The quantitative estimate of drug-likeness (QED) is 0.315. The summed E-state index contributed by atoms with van der Waals surface area (Å²) in [5.74, 6) is -0.0608. The van der Waals surface area contributed by atoms with E-state index in [4.69, 9.17) is 0 Å². The maximum absolute atomic E-state index is 11.7. The Bertz CT molecular complexity index is 490. The molecule has 0 aliphatic carbocycles. The first-order valence-electron chi connectivity index (χ1n) is 8.07. The summed E-state index contributed by atoms with van der Waals surface area (Å²) in [4.78, 5) is 23.4. The average Bonchev–Trinajstić information content (AvgIpc) is 2.95. The molecule has 8 heteroatoms. The summed E-state index contributed by atoms with van der Waals surface area (Å²) >= 11 is 2.25. The van der Waals surface area contributed by atoms with E-state index in [-0.39, 0.29) is 18.4 Å². The van der Waals surface area contributed by atoms with Gasteiger partial charge >= 0.3 is 0 Å². The molecule has 1 aromatic rings. The molecule has 1 heterocycles. The third kappa shape index (κ3) is 9.52. The van der Waals surface area contributed by atoms with E-state index in [9.17, 15) is 9.59 Å². The van der Waals surface area contributed by atoms with Gasteiger partial charge in [0.15, 0.2) is 0 Å². The van der Waals surface area contributed by atoms with Crippen molar-refractivity contribution in [1.82, 2.24) is 25.6 Å². The van der Waals surface area contributed by atoms with Crippen LogP contribution in [0.25, 0.3) is 0 Å². The van der Waals surface area contributed by atoms with Gasteiger partial charge in [0.1, 0.15) is 12.2 Å². The second-order valence-corrected chi connectivity index (χ2v) is 7.71. The number of amides is 2. The Morgan fingerprint density at radius 3 is 2.74 bits per heavy atom. The van der Waals surface area contributed by atoms with E-state index in [2.05, 4.69) is 50.5 Å². The first kappa shape index (κ1) is 19.9. The molecule has 0 saturated carbocycles. The third-order valence-electron chi connectivity index (χ3n) is 3.20. The van der Waals surface area contributed by atoms with E-state index in [1.54, 1.807) is 6.20 Å². The van der Waals surface area contributed by atoms with Gasteiger partial charge in [0.25, 0.3) is 0 Å². The zero-order valence-corrected chi connectivity index (χ0v) is 16.0. The van der Waals surface area contributed by atoms with Crippen LogP contribution < -0.4 is 10.6 Å². The minimum atomic E-state index is -0.0927. The predicted octanol–water partition coefficient (Wildman–Crippen LogP) is 1.80. The summed E-state index contributed by atoms with van der Waals surface area (Å²) in [5, 5.41) is 13.5. The van der Waals surface area contributed by atoms with Crippen LogP contribution in [0.5, 0.6) is 0 Å². The lowest BCUT2D eigenvalue weighted by Crippen LogP contribution is -2.31. The maximum atomic E-state index is 11.7. The van der Waals surface area contributed by atoms with Crippen molar-refractivity contribution in [3.63, 3.8) is 0 Å². The summed E-state index contributed by atoms with van der Waals surface area (Å²) in [6, 6.07) is 0. The van der Waals surface area contributed by atoms with Crippen LogP contribution >= 0.6 is 22.6 Å². The predicted molar refractivity (Wildman–Crippen MR) is 97.1 cm³/mol. The number of rotatable bonds is 11. The Hall–Kier alpha value is -1.19. The molecule has 0 bridgehead atoms. The van der Waals surface area contributed by atoms with Gasteiger partial charge in [-0.05, 0) is 6.42 Å². The number of nitrogens with zero attached hydrogens (tertiary/aromatic N) is 3. The number of carbonyl (C=O) groups excluding carboxylic acids is 2. The lowest BCUT2D eigenvalue weighted by molar-refractivity contribution is -0.122. The Morgan fingerprint density at radius 1 is 1.26 bits per heavy atom. The molecule has 23 heavy (non-hydrogen) atoms. The Labute approximate surface area is 151 Å². The number of nitrogens with one attached hydrogen (secondary N) is 2. The van der Waals surface area contributed by atoms with E-state index >= 15 is 0 Å². The fourth-order valence-electron chi connectivity index (χ4n) is 1.94. The van der Waals surface area contributed by atoms with Crippen LogP contribution in [0.2, 0.25) is 0 Å². The Morgan fingerprint density at radius 2 is 2.04 bits per heavy atom. The SMILES string of the molecule is CCCCCCC(=O)NCc1cn(CC(=O)NCC(C)I)nn1. The van der Waals surface area contributed by atoms with Gasteiger partial charge in [0.2, 0.25) is 11.8 Å². The van der Waals surface area contributed by atoms with E-state index < -0.39 is 0 Å². The molecule has 0 aliphatic heterocycles. The highest BCUT2D eigenvalue weighted by atomic mass is 127. The van der Waals surface area contributed by atoms with Crippen molar-refractivity contribution < 1.29 is 9.59 Å². The van der Waals surface area contributed by atoms with Crippen molar-refractivity contribution in [3.05, 3.63) is 11.9 Å². The van der Waals surface area contributed by atoms with Gasteiger partial charge < -0.3 is 10.6 Å². The summed E-state index contributed by atoms with van der Waals surface area (Å²) in [6.07, 6.45) is 6.57. The molecular weight excluding hydrogens is 409 g/mol. The standard InChI is InChI=1S/C15H26IN5O2/c1-3-4-5-6-7-14(22)18-9-13-10-21(20-19-13)11-15(23)17-8-12(2)16/h10,12H,3-9,11H2,1-2H3,(H,17,23)(H,18,22). The lowest BCUT2D eigenvalue weighted by Gasteiger charge is -2.06. The molecule has 7 nitrogen and oxygen atoms in total. The van der Waals surface area contributed by atoms with Gasteiger partial charge in [-0.2, -0.15) is 0 Å². The zero-order valence-electron chi connectivity index (χ0n) is 13.8. The molecule has 1 rings (SSSR count). The molecule has 1 atom stereocenters. The normalized spacial score (nSPS) is 12.0. The third-order valence-corrected chi connectivity index (χ3v) is 3.64. The molecule has 0 radical (unpaired) electrons. The Kier molecular flexibility index (Phi) is 9.81. The number of aromatic nitrogens is 3. The fourth-order valence-corrected chi connectivity index (χ4v) is 2.16. The molecule has 0 saturated heterocycles. The summed E-state index contributed by atoms with van der Waals surface area (Å²) in [7, 11) is 0. The molecule has 0 aromatic carbocycles. The van der Waals surface area contributed by atoms with Gasteiger partial charge in [-0.25, -0.2) is 4.68 Å². The summed E-state index contributed by atoms with van der Waals surface area (Å²) in [5.41, 5.74) is 0.655. The van der Waals surface area contributed by atoms with Crippen LogP contribution in [0.1, 0.15) is 51.6 Å². The number of hydrogen-bond donors (Lipinski definition) is 2. The molecule has 2 amide bonds.